The summed E-state index contributed by atoms with van der Waals surface area (Å²) < 4.78 is 0. The molecule has 2 aliphatic rings. The van der Waals surface area contributed by atoms with Crippen LogP contribution in [-0.2, 0) is 0 Å². The lowest BCUT2D eigenvalue weighted by molar-refractivity contribution is 0.413. The molecule has 11 heavy (non-hydrogen) atoms. The lowest BCUT2D eigenvalue weighted by Crippen LogP contribution is -2.15. The van der Waals surface area contributed by atoms with Gasteiger partial charge in [0.25, 0.3) is 0 Å². The van der Waals surface area contributed by atoms with Gasteiger partial charge in [-0.3, -0.25) is 0 Å². The maximum atomic E-state index is 5.72. The Morgan fingerprint density at radius 1 is 1.00 bits per heavy atom. The van der Waals surface area contributed by atoms with Crippen LogP contribution in [0.5, 0.6) is 0 Å². The fourth-order valence-corrected chi connectivity index (χ4v) is 1.94. The van der Waals surface area contributed by atoms with E-state index < -0.39 is 0 Å². The average Bonchev–Trinajstić information content (AvgIpc) is 2.78. The fourth-order valence-electron chi connectivity index (χ4n) is 1.94. The van der Waals surface area contributed by atoms with Crippen molar-refractivity contribution in [1.82, 2.24) is 0 Å². The SMILES string of the molecule is NCC(CC1CC1)CC1CC1. The minimum Gasteiger partial charge on any atom is -0.330 e. The molecule has 1 nitrogen and oxygen atoms in total. The number of rotatable bonds is 5. The molecule has 2 fully saturated rings. The largest absolute Gasteiger partial charge is 0.330 e. The van der Waals surface area contributed by atoms with Gasteiger partial charge in [0.1, 0.15) is 0 Å². The van der Waals surface area contributed by atoms with Crippen molar-refractivity contribution >= 4 is 0 Å². The lowest BCUT2D eigenvalue weighted by atomic mass is 9.96. The van der Waals surface area contributed by atoms with Gasteiger partial charge in [-0.1, -0.05) is 25.7 Å². The molecule has 0 aromatic rings. The molecule has 0 unspecified atom stereocenters. The zero-order valence-electron chi connectivity index (χ0n) is 7.26. The molecule has 0 radical (unpaired) electrons. The van der Waals surface area contributed by atoms with Gasteiger partial charge in [0.15, 0.2) is 0 Å². The summed E-state index contributed by atoms with van der Waals surface area (Å²) in [5, 5.41) is 0. The summed E-state index contributed by atoms with van der Waals surface area (Å²) in [6.07, 6.45) is 8.82. The molecule has 2 rings (SSSR count). The third-order valence-electron chi connectivity index (χ3n) is 3.06. The molecule has 0 aliphatic heterocycles. The van der Waals surface area contributed by atoms with E-state index in [1.165, 1.54) is 38.5 Å². The standard InChI is InChI=1S/C10H19N/c11-7-10(5-8-1-2-8)6-9-3-4-9/h8-10H,1-7,11H2. The zero-order chi connectivity index (χ0) is 7.68. The summed E-state index contributed by atoms with van der Waals surface area (Å²) in [5.74, 6) is 3.01. The quantitative estimate of drug-likeness (QED) is 0.643. The van der Waals surface area contributed by atoms with Crippen LogP contribution in [0.2, 0.25) is 0 Å². The number of hydrogen-bond donors (Lipinski definition) is 1. The first-order chi connectivity index (χ1) is 5.38. The lowest BCUT2D eigenvalue weighted by Gasteiger charge is -2.12. The van der Waals surface area contributed by atoms with Crippen LogP contribution in [0.15, 0.2) is 0 Å². The smallest absolute Gasteiger partial charge is 0.00487 e. The highest BCUT2D eigenvalue weighted by atomic mass is 14.6. The van der Waals surface area contributed by atoms with Crippen LogP contribution < -0.4 is 5.73 Å². The molecule has 2 saturated carbocycles. The Morgan fingerprint density at radius 2 is 1.45 bits per heavy atom. The Hall–Kier alpha value is -0.0400. The van der Waals surface area contributed by atoms with Crippen LogP contribution >= 0.6 is 0 Å². The summed E-state index contributed by atoms with van der Waals surface area (Å²) in [4.78, 5) is 0. The first-order valence-corrected chi connectivity index (χ1v) is 5.08. The molecule has 0 spiro atoms. The van der Waals surface area contributed by atoms with Crippen LogP contribution in [0.1, 0.15) is 38.5 Å². The second-order valence-corrected chi connectivity index (χ2v) is 4.46. The molecule has 0 aromatic heterocycles. The van der Waals surface area contributed by atoms with Crippen molar-refractivity contribution in [2.45, 2.75) is 38.5 Å². The predicted molar refractivity (Wildman–Crippen MR) is 47.2 cm³/mol. The molecule has 2 N–H and O–H groups in total. The van der Waals surface area contributed by atoms with Gasteiger partial charge in [0.05, 0.1) is 0 Å². The first kappa shape index (κ1) is 7.60. The Balaban J connectivity index is 1.65. The van der Waals surface area contributed by atoms with Crippen molar-refractivity contribution in [2.24, 2.45) is 23.5 Å². The molecular formula is C10H19N. The van der Waals surface area contributed by atoms with Crippen molar-refractivity contribution < 1.29 is 0 Å². The van der Waals surface area contributed by atoms with E-state index in [1.807, 2.05) is 0 Å². The molecule has 64 valence electrons. The molecule has 0 bridgehead atoms. The van der Waals surface area contributed by atoms with E-state index in [1.54, 1.807) is 0 Å². The van der Waals surface area contributed by atoms with Crippen molar-refractivity contribution in [2.75, 3.05) is 6.54 Å². The summed E-state index contributed by atoms with van der Waals surface area (Å²) in [6.45, 7) is 0.938. The molecule has 1 heteroatoms. The first-order valence-electron chi connectivity index (χ1n) is 5.08. The van der Waals surface area contributed by atoms with E-state index in [4.69, 9.17) is 5.73 Å². The van der Waals surface area contributed by atoms with E-state index in [-0.39, 0.29) is 0 Å². The summed E-state index contributed by atoms with van der Waals surface area (Å²) >= 11 is 0. The minimum atomic E-state index is 0.870. The maximum Gasteiger partial charge on any atom is -0.00487 e. The summed E-state index contributed by atoms with van der Waals surface area (Å²) in [5.41, 5.74) is 5.72. The van der Waals surface area contributed by atoms with Crippen LogP contribution in [0.25, 0.3) is 0 Å². The van der Waals surface area contributed by atoms with Crippen LogP contribution in [0.3, 0.4) is 0 Å². The fraction of sp³-hybridized carbons (Fsp3) is 1.00. The van der Waals surface area contributed by atoms with Crippen molar-refractivity contribution in [3.05, 3.63) is 0 Å². The monoisotopic (exact) mass is 153 g/mol. The van der Waals surface area contributed by atoms with Crippen LogP contribution in [0, 0.1) is 17.8 Å². The van der Waals surface area contributed by atoms with Gasteiger partial charge in [0, 0.05) is 0 Å². The Bertz CT molecular complexity index is 111. The second-order valence-electron chi connectivity index (χ2n) is 4.46. The van der Waals surface area contributed by atoms with Crippen molar-refractivity contribution in [1.29, 1.82) is 0 Å². The Kier molecular flexibility index (Phi) is 2.17. The predicted octanol–water partition coefficient (Wildman–Crippen LogP) is 2.16. The zero-order valence-corrected chi connectivity index (χ0v) is 7.26. The number of nitrogens with two attached hydrogens (primary N) is 1. The van der Waals surface area contributed by atoms with E-state index >= 15 is 0 Å². The van der Waals surface area contributed by atoms with Gasteiger partial charge in [-0.15, -0.1) is 0 Å². The van der Waals surface area contributed by atoms with Crippen LogP contribution in [0.4, 0.5) is 0 Å². The van der Waals surface area contributed by atoms with Gasteiger partial charge in [-0.05, 0) is 37.1 Å². The third-order valence-corrected chi connectivity index (χ3v) is 3.06. The van der Waals surface area contributed by atoms with Crippen LogP contribution in [-0.4, -0.2) is 6.54 Å². The van der Waals surface area contributed by atoms with E-state index in [0.29, 0.717) is 0 Å². The summed E-state index contributed by atoms with van der Waals surface area (Å²) in [6, 6.07) is 0. The Labute approximate surface area is 69.4 Å². The Morgan fingerprint density at radius 3 is 1.73 bits per heavy atom. The molecule has 0 saturated heterocycles. The van der Waals surface area contributed by atoms with Crippen molar-refractivity contribution in [3.63, 3.8) is 0 Å². The minimum absolute atomic E-state index is 0.870. The highest BCUT2D eigenvalue weighted by Gasteiger charge is 2.29. The topological polar surface area (TPSA) is 26.0 Å². The van der Waals surface area contributed by atoms with E-state index in [2.05, 4.69) is 0 Å². The van der Waals surface area contributed by atoms with Gasteiger partial charge < -0.3 is 5.73 Å². The number of hydrogen-bond acceptors (Lipinski definition) is 1. The van der Waals surface area contributed by atoms with Gasteiger partial charge in [-0.25, -0.2) is 0 Å². The average molecular weight is 153 g/mol. The van der Waals surface area contributed by atoms with E-state index in [0.717, 1.165) is 24.3 Å². The van der Waals surface area contributed by atoms with Crippen molar-refractivity contribution in [3.8, 4) is 0 Å². The normalized spacial score (nSPS) is 24.5. The van der Waals surface area contributed by atoms with E-state index in [9.17, 15) is 0 Å². The highest BCUT2D eigenvalue weighted by molar-refractivity contribution is 4.82. The molecule has 2 aliphatic carbocycles. The maximum absolute atomic E-state index is 5.72. The van der Waals surface area contributed by atoms with Gasteiger partial charge >= 0.3 is 0 Å². The molecule has 0 aromatic carbocycles. The molecule has 0 atom stereocenters. The summed E-state index contributed by atoms with van der Waals surface area (Å²) in [7, 11) is 0. The van der Waals surface area contributed by atoms with Gasteiger partial charge in [0.2, 0.25) is 0 Å². The second kappa shape index (κ2) is 3.14. The molecule has 0 heterocycles. The highest BCUT2D eigenvalue weighted by Crippen LogP contribution is 2.41. The molecule has 0 amide bonds. The third kappa shape index (κ3) is 2.48. The molecular weight excluding hydrogens is 134 g/mol. The van der Waals surface area contributed by atoms with Gasteiger partial charge in [-0.2, -0.15) is 0 Å².